The molecule has 0 saturated carbocycles. The number of hydrogen-bond acceptors (Lipinski definition) is 6. The molecule has 0 radical (unpaired) electrons. The third kappa shape index (κ3) is 4.83. The number of ether oxygens (including phenoxy) is 1. The van der Waals surface area contributed by atoms with Crippen molar-refractivity contribution in [3.63, 3.8) is 0 Å². The summed E-state index contributed by atoms with van der Waals surface area (Å²) >= 11 is 6.86. The van der Waals surface area contributed by atoms with Crippen LogP contribution in [0.5, 0.6) is 6.01 Å². The van der Waals surface area contributed by atoms with Crippen molar-refractivity contribution < 1.29 is 22.7 Å². The van der Waals surface area contributed by atoms with Crippen LogP contribution in [0.1, 0.15) is 36.8 Å². The van der Waals surface area contributed by atoms with Gasteiger partial charge in [-0.05, 0) is 68.3 Å². The van der Waals surface area contributed by atoms with E-state index in [9.17, 15) is 13.6 Å². The van der Waals surface area contributed by atoms with Crippen molar-refractivity contribution >= 4 is 34.2 Å². The minimum atomic E-state index is -0.987. The molecular weight excluding hydrogens is 579 g/mol. The van der Waals surface area contributed by atoms with E-state index in [-0.39, 0.29) is 41.3 Å². The lowest BCUT2D eigenvalue weighted by atomic mass is 9.85. The Balaban J connectivity index is 1.30. The van der Waals surface area contributed by atoms with Crippen molar-refractivity contribution in [1.82, 2.24) is 19.8 Å². The number of carbonyl (C=O) groups excluding carboxylic acids is 1. The number of nitrogens with zero attached hydrogens (tertiary/aromatic N) is 5. The van der Waals surface area contributed by atoms with Gasteiger partial charge in [0, 0.05) is 36.6 Å². The summed E-state index contributed by atoms with van der Waals surface area (Å²) in [6, 6.07) is 7.14. The number of likely N-dealkylation sites (N-methyl/N-ethyl adjacent to an activating group) is 1. The second-order valence-corrected chi connectivity index (χ2v) is 12.5. The average molecular weight is 612 g/mol. The number of hydrogen-bond donors (Lipinski definition) is 0. The summed E-state index contributed by atoms with van der Waals surface area (Å²) in [7, 11) is 1.84. The molecule has 0 bridgehead atoms. The number of alkyl halides is 1. The zero-order chi connectivity index (χ0) is 30.0. The van der Waals surface area contributed by atoms with E-state index in [0.29, 0.717) is 49.2 Å². The Morgan fingerprint density at radius 3 is 2.77 bits per heavy atom. The van der Waals surface area contributed by atoms with Crippen LogP contribution in [-0.2, 0) is 17.6 Å². The number of fused-ring (bicyclic) bond motifs is 3. The molecule has 1 aromatic heterocycles. The van der Waals surface area contributed by atoms with Gasteiger partial charge in [-0.2, -0.15) is 9.97 Å². The Hall–Kier alpha value is -3.37. The molecule has 2 aromatic carbocycles. The molecule has 3 fully saturated rings. The number of carbonyl (C=O) groups is 1. The maximum absolute atomic E-state index is 16.7. The van der Waals surface area contributed by atoms with Crippen LogP contribution in [0.2, 0.25) is 5.02 Å². The molecule has 7 nitrogen and oxygen atoms in total. The maximum atomic E-state index is 16.7. The van der Waals surface area contributed by atoms with E-state index in [0.717, 1.165) is 36.8 Å². The molecule has 43 heavy (non-hydrogen) atoms. The van der Waals surface area contributed by atoms with Crippen LogP contribution < -0.4 is 9.64 Å². The molecule has 7 rings (SSSR count). The number of likely N-dealkylation sites (tertiary alicyclic amines) is 2. The molecule has 226 valence electrons. The Labute approximate surface area is 253 Å². The van der Waals surface area contributed by atoms with Crippen LogP contribution in [0.25, 0.3) is 22.0 Å². The van der Waals surface area contributed by atoms with Gasteiger partial charge in [0.2, 0.25) is 0 Å². The number of amides is 1. The van der Waals surface area contributed by atoms with Crippen LogP contribution >= 0.6 is 11.6 Å². The number of rotatable bonds is 6. The Morgan fingerprint density at radius 2 is 2.00 bits per heavy atom. The molecule has 1 unspecified atom stereocenters. The first-order valence-corrected chi connectivity index (χ1v) is 15.3. The van der Waals surface area contributed by atoms with E-state index < -0.39 is 23.7 Å². The third-order valence-electron chi connectivity index (χ3n) is 9.61. The van der Waals surface area contributed by atoms with Crippen molar-refractivity contribution in [3.8, 4) is 17.1 Å². The van der Waals surface area contributed by atoms with Gasteiger partial charge >= 0.3 is 6.01 Å². The first kappa shape index (κ1) is 28.4. The molecule has 3 saturated heterocycles. The molecule has 4 heterocycles. The van der Waals surface area contributed by atoms with E-state index in [1.165, 1.54) is 10.5 Å². The highest BCUT2D eigenvalue weighted by Crippen LogP contribution is 2.44. The molecule has 1 aliphatic carbocycles. The molecule has 4 atom stereocenters. The van der Waals surface area contributed by atoms with Crippen molar-refractivity contribution in [3.05, 3.63) is 58.6 Å². The van der Waals surface area contributed by atoms with E-state index >= 15 is 4.39 Å². The first-order chi connectivity index (χ1) is 20.7. The molecule has 1 amide bonds. The smallest absolute Gasteiger partial charge is 0.319 e. The number of aryl methyl sites for hydroxylation is 1. The SMILES string of the molecule is C=C(F)C(=O)N1CCC2[C@H]1CN2c1nc(OC[C@@H]2C[C@@H](F)CN2C)nc2c(F)c(-c3cccc4c3CCCC4)c(Cl)cc12. The van der Waals surface area contributed by atoms with E-state index in [1.54, 1.807) is 6.07 Å². The van der Waals surface area contributed by atoms with Gasteiger partial charge in [0.15, 0.2) is 11.6 Å². The highest BCUT2D eigenvalue weighted by molar-refractivity contribution is 6.34. The number of benzene rings is 2. The fraction of sp³-hybridized carbons (Fsp3) is 0.469. The number of aromatic nitrogens is 2. The molecular formula is C32H33ClF3N5O2. The van der Waals surface area contributed by atoms with Gasteiger partial charge < -0.3 is 14.5 Å². The number of halogens is 4. The molecule has 4 aliphatic rings. The van der Waals surface area contributed by atoms with Crippen molar-refractivity contribution in [1.29, 1.82) is 0 Å². The minimum absolute atomic E-state index is 0.00742. The third-order valence-corrected chi connectivity index (χ3v) is 9.91. The van der Waals surface area contributed by atoms with Crippen molar-refractivity contribution in [2.24, 2.45) is 0 Å². The fourth-order valence-corrected chi connectivity index (χ4v) is 7.65. The lowest BCUT2D eigenvalue weighted by molar-refractivity contribution is -0.130. The number of anilines is 1. The van der Waals surface area contributed by atoms with Gasteiger partial charge in [0.05, 0.1) is 17.1 Å². The summed E-state index contributed by atoms with van der Waals surface area (Å²) in [5.41, 5.74) is 3.48. The van der Waals surface area contributed by atoms with Crippen LogP contribution in [0, 0.1) is 5.82 Å². The van der Waals surface area contributed by atoms with Gasteiger partial charge in [-0.15, -0.1) is 0 Å². The second kappa shape index (κ2) is 11.0. The van der Waals surface area contributed by atoms with Gasteiger partial charge in [-0.25, -0.2) is 13.2 Å². The topological polar surface area (TPSA) is 61.8 Å². The van der Waals surface area contributed by atoms with Crippen molar-refractivity contribution in [2.75, 3.05) is 38.2 Å². The highest BCUT2D eigenvalue weighted by Gasteiger charge is 2.50. The lowest BCUT2D eigenvalue weighted by Crippen LogP contribution is -2.63. The summed E-state index contributed by atoms with van der Waals surface area (Å²) in [5, 5.41) is 0.696. The molecule has 3 aromatic rings. The zero-order valence-electron chi connectivity index (χ0n) is 24.0. The Kier molecular flexibility index (Phi) is 7.24. The Bertz CT molecular complexity index is 1640. The molecule has 0 spiro atoms. The quantitative estimate of drug-likeness (QED) is 0.335. The van der Waals surface area contributed by atoms with E-state index in [4.69, 9.17) is 21.3 Å². The summed E-state index contributed by atoms with van der Waals surface area (Å²) < 4.78 is 50.4. The van der Waals surface area contributed by atoms with Gasteiger partial charge in [0.1, 0.15) is 24.1 Å². The van der Waals surface area contributed by atoms with E-state index in [2.05, 4.69) is 17.6 Å². The standard InChI is InChI=1S/C32H33ClF3N5O2/c1-17(34)31(42)40-11-10-25-26(40)15-41(25)30-23-13-24(33)27(22-9-5-7-18-6-3-4-8-21(18)22)28(36)29(23)37-32(38-30)43-16-20-12-19(35)14-39(20)2/h5,7,9,13,19-20,25-26H,1,3-4,6,8,10-12,14-16H2,2H3/t19-,20+,25?,26-/m1/s1. The largest absolute Gasteiger partial charge is 0.462 e. The summed E-state index contributed by atoms with van der Waals surface area (Å²) in [4.78, 5) is 27.0. The molecule has 11 heteroatoms. The summed E-state index contributed by atoms with van der Waals surface area (Å²) in [5.74, 6) is -1.80. The Morgan fingerprint density at radius 1 is 1.19 bits per heavy atom. The predicted molar refractivity (Wildman–Crippen MR) is 160 cm³/mol. The molecule has 3 aliphatic heterocycles. The van der Waals surface area contributed by atoms with Crippen LogP contribution in [-0.4, -0.2) is 83.3 Å². The summed E-state index contributed by atoms with van der Waals surface area (Å²) in [6.45, 7) is 4.42. The average Bonchev–Trinajstić information content (AvgIpc) is 3.48. The normalized spacial score (nSPS) is 25.0. The summed E-state index contributed by atoms with van der Waals surface area (Å²) in [6.07, 6.45) is 3.93. The fourth-order valence-electron chi connectivity index (χ4n) is 7.35. The van der Waals surface area contributed by atoms with Crippen LogP contribution in [0.3, 0.4) is 0 Å². The maximum Gasteiger partial charge on any atom is 0.319 e. The van der Waals surface area contributed by atoms with Crippen LogP contribution in [0.15, 0.2) is 36.7 Å². The van der Waals surface area contributed by atoms with Gasteiger partial charge in [-0.3, -0.25) is 9.69 Å². The lowest BCUT2D eigenvalue weighted by Gasteiger charge is -2.47. The first-order valence-electron chi connectivity index (χ1n) is 14.9. The predicted octanol–water partition coefficient (Wildman–Crippen LogP) is 5.66. The van der Waals surface area contributed by atoms with Crippen LogP contribution in [0.4, 0.5) is 19.0 Å². The second-order valence-electron chi connectivity index (χ2n) is 12.1. The zero-order valence-corrected chi connectivity index (χ0v) is 24.7. The van der Waals surface area contributed by atoms with Gasteiger partial charge in [-0.1, -0.05) is 36.4 Å². The van der Waals surface area contributed by atoms with Gasteiger partial charge in [0.25, 0.3) is 5.91 Å². The van der Waals surface area contributed by atoms with E-state index in [1.807, 2.05) is 29.0 Å². The minimum Gasteiger partial charge on any atom is -0.462 e. The molecule has 0 N–H and O–H groups in total. The van der Waals surface area contributed by atoms with Crippen molar-refractivity contribution in [2.45, 2.75) is 62.8 Å². The monoisotopic (exact) mass is 611 g/mol. The highest BCUT2D eigenvalue weighted by atomic mass is 35.5.